The predicted octanol–water partition coefficient (Wildman–Crippen LogP) is 5.06. The number of hydrogen-bond acceptors (Lipinski definition) is 5. The second-order valence-corrected chi connectivity index (χ2v) is 10.1. The highest BCUT2D eigenvalue weighted by Gasteiger charge is 2.58. The van der Waals surface area contributed by atoms with Gasteiger partial charge < -0.3 is 19.3 Å². The lowest BCUT2D eigenvalue weighted by Gasteiger charge is -2.26. The lowest BCUT2D eigenvalue weighted by atomic mass is 9.81. The van der Waals surface area contributed by atoms with Crippen LogP contribution in [-0.4, -0.2) is 48.2 Å². The fraction of sp³-hybridized carbons (Fsp3) is 0.654. The van der Waals surface area contributed by atoms with E-state index in [4.69, 9.17) is 14.2 Å². The first-order valence-corrected chi connectivity index (χ1v) is 11.2. The van der Waals surface area contributed by atoms with E-state index in [1.807, 2.05) is 40.7 Å². The van der Waals surface area contributed by atoms with Crippen LogP contribution in [0.15, 0.2) is 47.6 Å². The largest absolute Gasteiger partial charge is 0.452 e. The quantitative estimate of drug-likeness (QED) is 0.264. The van der Waals surface area contributed by atoms with Gasteiger partial charge in [-0.05, 0) is 77.4 Å². The fourth-order valence-electron chi connectivity index (χ4n) is 3.77. The van der Waals surface area contributed by atoms with Crippen LogP contribution in [0.1, 0.15) is 67.2 Å². The molecule has 0 saturated carbocycles. The van der Waals surface area contributed by atoms with E-state index < -0.39 is 11.7 Å². The van der Waals surface area contributed by atoms with Crippen LogP contribution in [-0.2, 0) is 19.0 Å². The molecule has 1 fully saturated rings. The van der Waals surface area contributed by atoms with Crippen molar-refractivity contribution in [3.63, 3.8) is 0 Å². The number of fused-ring (bicyclic) bond motifs is 1. The summed E-state index contributed by atoms with van der Waals surface area (Å²) in [6.45, 7) is 12.0. The first-order chi connectivity index (χ1) is 14.4. The molecule has 0 radical (unpaired) electrons. The van der Waals surface area contributed by atoms with E-state index in [0.717, 1.165) is 36.8 Å². The molecule has 0 amide bonds. The van der Waals surface area contributed by atoms with Gasteiger partial charge in [0.05, 0.1) is 18.3 Å². The smallest absolute Gasteiger partial charge is 0.331 e. The first-order valence-electron chi connectivity index (χ1n) is 11.2. The lowest BCUT2D eigenvalue weighted by Crippen LogP contribution is -2.32. The molecular weight excluding hydrogens is 392 g/mol. The van der Waals surface area contributed by atoms with Crippen molar-refractivity contribution in [1.29, 1.82) is 0 Å². The number of aliphatic hydroxyl groups excluding tert-OH is 1. The van der Waals surface area contributed by atoms with Gasteiger partial charge in [-0.25, -0.2) is 4.79 Å². The van der Waals surface area contributed by atoms with Crippen molar-refractivity contribution in [3.8, 4) is 0 Å². The molecule has 1 aliphatic carbocycles. The minimum Gasteiger partial charge on any atom is -0.452 e. The molecular formula is C26H40O5. The molecule has 0 aromatic rings. The Bertz CT molecular complexity index is 756. The standard InChI is InChI=1S/C26H40O5/c1-19(2)17-23(28)30-21-12-16-25(5,14-8-13-24(3,4)29-7)15-11-20(18-27)9-10-22-26(21,6)31-22/h8,11-13,16-17,21-22,27H,9-10,14-15,18H2,1-7H3/b13-8+,16-12+,20-11+/t21-,22-,25+,26+/m1/s1. The van der Waals surface area contributed by atoms with Gasteiger partial charge in [-0.1, -0.05) is 36.8 Å². The van der Waals surface area contributed by atoms with Crippen molar-refractivity contribution in [1.82, 2.24) is 0 Å². The molecule has 4 atom stereocenters. The van der Waals surface area contributed by atoms with Crippen molar-refractivity contribution in [2.75, 3.05) is 13.7 Å². The highest BCUT2D eigenvalue weighted by Crippen LogP contribution is 2.45. The van der Waals surface area contributed by atoms with Gasteiger partial charge in [0.25, 0.3) is 0 Å². The number of epoxide rings is 1. The molecule has 0 aromatic carbocycles. The third-order valence-corrected chi connectivity index (χ3v) is 6.28. The predicted molar refractivity (Wildman–Crippen MR) is 124 cm³/mol. The van der Waals surface area contributed by atoms with Crippen LogP contribution in [0, 0.1) is 5.41 Å². The first kappa shape index (κ1) is 25.6. The van der Waals surface area contributed by atoms with Gasteiger partial charge >= 0.3 is 5.97 Å². The van der Waals surface area contributed by atoms with Crippen LogP contribution in [0.2, 0.25) is 0 Å². The molecule has 0 aromatic heterocycles. The van der Waals surface area contributed by atoms with Crippen molar-refractivity contribution in [2.24, 2.45) is 5.41 Å². The SMILES string of the molecule is COC(C)(C)/C=C/C[C@]1(C)/C=C/[C@@H](OC(=O)C=C(C)C)[C@]2(C)O[C@@H]2CC/C(CO)=C\C1. The number of ether oxygens (including phenoxy) is 3. The maximum Gasteiger partial charge on any atom is 0.331 e. The number of rotatable bonds is 7. The molecule has 0 bridgehead atoms. The summed E-state index contributed by atoms with van der Waals surface area (Å²) in [4.78, 5) is 12.4. The average molecular weight is 433 g/mol. The Kier molecular flexibility index (Phi) is 8.48. The molecule has 0 unspecified atom stereocenters. The molecule has 1 heterocycles. The van der Waals surface area contributed by atoms with Crippen molar-refractivity contribution in [2.45, 2.75) is 90.6 Å². The summed E-state index contributed by atoms with van der Waals surface area (Å²) in [6, 6.07) is 0. The van der Waals surface area contributed by atoms with Crippen molar-refractivity contribution >= 4 is 5.97 Å². The monoisotopic (exact) mass is 432 g/mol. The molecule has 5 nitrogen and oxygen atoms in total. The number of carbonyl (C=O) groups is 1. The second kappa shape index (κ2) is 10.3. The number of esters is 1. The number of allylic oxidation sites excluding steroid dienone is 4. The molecule has 0 spiro atoms. The van der Waals surface area contributed by atoms with Crippen LogP contribution >= 0.6 is 0 Å². The van der Waals surface area contributed by atoms with E-state index in [9.17, 15) is 9.90 Å². The highest BCUT2D eigenvalue weighted by atomic mass is 16.6. The maximum absolute atomic E-state index is 12.4. The van der Waals surface area contributed by atoms with Crippen molar-refractivity contribution in [3.05, 3.63) is 47.6 Å². The zero-order valence-electron chi connectivity index (χ0n) is 20.2. The molecule has 1 aliphatic heterocycles. The van der Waals surface area contributed by atoms with Gasteiger partial charge in [0.1, 0.15) is 5.60 Å². The number of carbonyl (C=O) groups excluding carboxylic acids is 1. The van der Waals surface area contributed by atoms with Gasteiger partial charge in [0.2, 0.25) is 0 Å². The zero-order valence-corrected chi connectivity index (χ0v) is 20.2. The minimum atomic E-state index is -0.540. The summed E-state index contributed by atoms with van der Waals surface area (Å²) in [6.07, 6.45) is 14.7. The van der Waals surface area contributed by atoms with Crippen LogP contribution in [0.3, 0.4) is 0 Å². The van der Waals surface area contributed by atoms with E-state index >= 15 is 0 Å². The van der Waals surface area contributed by atoms with Crippen LogP contribution in [0.4, 0.5) is 0 Å². The Labute approximate surface area is 187 Å². The minimum absolute atomic E-state index is 0.00311. The summed E-state index contributed by atoms with van der Waals surface area (Å²) in [7, 11) is 1.70. The zero-order chi connectivity index (χ0) is 23.3. The molecule has 1 saturated heterocycles. The summed E-state index contributed by atoms with van der Waals surface area (Å²) < 4.78 is 17.3. The molecule has 1 N–H and O–H groups in total. The summed E-state index contributed by atoms with van der Waals surface area (Å²) in [5.41, 5.74) is 0.856. The van der Waals surface area contributed by atoms with E-state index in [1.165, 1.54) is 6.08 Å². The van der Waals surface area contributed by atoms with Crippen LogP contribution in [0.25, 0.3) is 0 Å². The fourth-order valence-corrected chi connectivity index (χ4v) is 3.77. The molecule has 5 heteroatoms. The lowest BCUT2D eigenvalue weighted by molar-refractivity contribution is -0.143. The maximum atomic E-state index is 12.4. The third-order valence-electron chi connectivity index (χ3n) is 6.28. The molecule has 174 valence electrons. The van der Waals surface area contributed by atoms with E-state index in [1.54, 1.807) is 7.11 Å². The summed E-state index contributed by atoms with van der Waals surface area (Å²) in [5.74, 6) is -0.349. The van der Waals surface area contributed by atoms with Crippen LogP contribution in [0.5, 0.6) is 0 Å². The number of hydrogen-bond donors (Lipinski definition) is 1. The summed E-state index contributed by atoms with van der Waals surface area (Å²) >= 11 is 0. The van der Waals surface area contributed by atoms with Gasteiger partial charge in [-0.2, -0.15) is 0 Å². The number of aliphatic hydroxyl groups is 1. The molecule has 31 heavy (non-hydrogen) atoms. The normalized spacial score (nSPS) is 34.1. The van der Waals surface area contributed by atoms with Gasteiger partial charge in [0, 0.05) is 13.2 Å². The van der Waals surface area contributed by atoms with Crippen LogP contribution < -0.4 is 0 Å². The number of methoxy groups -OCH3 is 1. The molecule has 2 rings (SSSR count). The average Bonchev–Trinajstić information content (AvgIpc) is 3.35. The second-order valence-electron chi connectivity index (χ2n) is 10.1. The van der Waals surface area contributed by atoms with E-state index in [0.29, 0.717) is 0 Å². The van der Waals surface area contributed by atoms with Gasteiger partial charge in [0.15, 0.2) is 6.10 Å². The van der Waals surface area contributed by atoms with Crippen molar-refractivity contribution < 1.29 is 24.1 Å². The van der Waals surface area contributed by atoms with E-state index in [-0.39, 0.29) is 29.7 Å². The Morgan fingerprint density at radius 3 is 2.68 bits per heavy atom. The Balaban J connectivity index is 2.32. The topological polar surface area (TPSA) is 68.3 Å². The van der Waals surface area contributed by atoms with Gasteiger partial charge in [-0.15, -0.1) is 0 Å². The van der Waals surface area contributed by atoms with E-state index in [2.05, 4.69) is 31.2 Å². The Hall–Kier alpha value is -1.69. The Morgan fingerprint density at radius 2 is 2.06 bits per heavy atom. The molecule has 2 aliphatic rings. The van der Waals surface area contributed by atoms with Gasteiger partial charge in [-0.3, -0.25) is 0 Å². The summed E-state index contributed by atoms with van der Waals surface area (Å²) in [5, 5.41) is 9.81. The highest BCUT2D eigenvalue weighted by molar-refractivity contribution is 5.83. The Morgan fingerprint density at radius 1 is 1.35 bits per heavy atom. The third kappa shape index (κ3) is 7.44.